The van der Waals surface area contributed by atoms with Crippen LogP contribution in [0.5, 0.6) is 0 Å². The van der Waals surface area contributed by atoms with Crippen molar-refractivity contribution in [1.82, 2.24) is 9.97 Å². The topological polar surface area (TPSA) is 28.7 Å². The van der Waals surface area contributed by atoms with Gasteiger partial charge in [0.25, 0.3) is 0 Å². The minimum absolute atomic E-state index is 0.745. The summed E-state index contributed by atoms with van der Waals surface area (Å²) in [6.45, 7) is 2.00. The number of nitrogens with zero attached hydrogens (tertiary/aromatic N) is 1. The summed E-state index contributed by atoms with van der Waals surface area (Å²) in [4.78, 5) is 8.02. The highest BCUT2D eigenvalue weighted by Gasteiger charge is 2.08. The molecular formula is C20H15ClN2. The van der Waals surface area contributed by atoms with Crippen LogP contribution in [-0.4, -0.2) is 9.97 Å². The van der Waals surface area contributed by atoms with Gasteiger partial charge in [0.15, 0.2) is 0 Å². The summed E-state index contributed by atoms with van der Waals surface area (Å²) >= 11 is 6.18. The normalized spacial score (nSPS) is 11.0. The number of imidazole rings is 1. The molecule has 0 saturated carbocycles. The van der Waals surface area contributed by atoms with E-state index < -0.39 is 0 Å². The van der Waals surface area contributed by atoms with Crippen LogP contribution in [0.3, 0.4) is 0 Å². The fraction of sp³-hybridized carbons (Fsp3) is 0.0500. The van der Waals surface area contributed by atoms with E-state index in [1.165, 1.54) is 11.1 Å². The van der Waals surface area contributed by atoms with E-state index in [9.17, 15) is 0 Å². The molecule has 0 atom stereocenters. The van der Waals surface area contributed by atoms with Gasteiger partial charge in [-0.1, -0.05) is 66.2 Å². The summed E-state index contributed by atoms with van der Waals surface area (Å²) in [5.74, 6) is 0.862. The molecule has 0 aliphatic rings. The lowest BCUT2D eigenvalue weighted by Crippen LogP contribution is -1.81. The zero-order valence-electron chi connectivity index (χ0n) is 12.7. The van der Waals surface area contributed by atoms with Crippen molar-refractivity contribution in [2.45, 2.75) is 6.92 Å². The summed E-state index contributed by atoms with van der Waals surface area (Å²) in [5.41, 5.74) is 6.43. The Bertz CT molecular complexity index is 931. The Balaban J connectivity index is 1.73. The maximum atomic E-state index is 6.18. The Morgan fingerprint density at radius 1 is 0.826 bits per heavy atom. The van der Waals surface area contributed by atoms with Gasteiger partial charge in [-0.15, -0.1) is 0 Å². The van der Waals surface area contributed by atoms with Crippen molar-refractivity contribution < 1.29 is 0 Å². The van der Waals surface area contributed by atoms with E-state index in [-0.39, 0.29) is 0 Å². The molecule has 1 heterocycles. The molecule has 0 radical (unpaired) electrons. The second-order valence-corrected chi connectivity index (χ2v) is 6.05. The molecule has 0 spiro atoms. The van der Waals surface area contributed by atoms with Gasteiger partial charge in [0.1, 0.15) is 5.82 Å². The fourth-order valence-electron chi connectivity index (χ4n) is 2.73. The minimum Gasteiger partial charge on any atom is -0.338 e. The number of benzene rings is 3. The Kier molecular flexibility index (Phi) is 3.40. The lowest BCUT2D eigenvalue weighted by Gasteiger charge is -2.02. The fourth-order valence-corrected chi connectivity index (χ4v) is 2.89. The number of H-pyrrole nitrogens is 1. The molecule has 0 fully saturated rings. The molecule has 3 aromatic carbocycles. The Morgan fingerprint density at radius 2 is 1.48 bits per heavy atom. The molecule has 0 unspecified atom stereocenters. The van der Waals surface area contributed by atoms with E-state index >= 15 is 0 Å². The quantitative estimate of drug-likeness (QED) is 0.493. The van der Waals surface area contributed by atoms with Crippen molar-refractivity contribution in [1.29, 1.82) is 0 Å². The van der Waals surface area contributed by atoms with Crippen LogP contribution >= 0.6 is 11.6 Å². The van der Waals surface area contributed by atoms with Crippen LogP contribution in [0, 0.1) is 6.92 Å². The standard InChI is InChI=1S/C20H15ClN2/c1-13-11-18-19(12-17(13)21)23-20(22-18)16-9-7-15(8-10-16)14-5-3-2-4-6-14/h2-12H,1H3,(H,22,23). The largest absolute Gasteiger partial charge is 0.338 e. The molecule has 4 aromatic rings. The van der Waals surface area contributed by atoms with Crippen molar-refractivity contribution in [2.75, 3.05) is 0 Å². The van der Waals surface area contributed by atoms with E-state index in [2.05, 4.69) is 58.5 Å². The van der Waals surface area contributed by atoms with Gasteiger partial charge in [-0.05, 0) is 35.7 Å². The first kappa shape index (κ1) is 14.0. The predicted molar refractivity (Wildman–Crippen MR) is 96.7 cm³/mol. The number of aryl methyl sites for hydroxylation is 1. The monoisotopic (exact) mass is 318 g/mol. The van der Waals surface area contributed by atoms with Gasteiger partial charge in [0, 0.05) is 10.6 Å². The van der Waals surface area contributed by atoms with Crippen LogP contribution in [0.1, 0.15) is 5.56 Å². The molecule has 0 saturated heterocycles. The maximum absolute atomic E-state index is 6.18. The van der Waals surface area contributed by atoms with Gasteiger partial charge >= 0.3 is 0 Å². The molecule has 112 valence electrons. The summed E-state index contributed by atoms with van der Waals surface area (Å²) in [6, 6.07) is 22.7. The number of aromatic amines is 1. The molecule has 0 amide bonds. The molecule has 0 aliphatic carbocycles. The third-order valence-electron chi connectivity index (χ3n) is 4.03. The predicted octanol–water partition coefficient (Wildman–Crippen LogP) is 5.86. The van der Waals surface area contributed by atoms with Crippen LogP contribution in [0.2, 0.25) is 5.02 Å². The van der Waals surface area contributed by atoms with Crippen LogP contribution in [-0.2, 0) is 0 Å². The number of nitrogens with one attached hydrogen (secondary N) is 1. The second-order valence-electron chi connectivity index (χ2n) is 5.65. The van der Waals surface area contributed by atoms with Crippen molar-refractivity contribution in [3.8, 4) is 22.5 Å². The van der Waals surface area contributed by atoms with Crippen LogP contribution in [0.25, 0.3) is 33.5 Å². The first-order chi connectivity index (χ1) is 11.2. The summed E-state index contributed by atoms with van der Waals surface area (Å²) in [5, 5.41) is 0.745. The number of hydrogen-bond acceptors (Lipinski definition) is 1. The van der Waals surface area contributed by atoms with Gasteiger partial charge in [0.05, 0.1) is 11.0 Å². The van der Waals surface area contributed by atoms with E-state index in [0.717, 1.165) is 33.0 Å². The van der Waals surface area contributed by atoms with Gasteiger partial charge in [-0.3, -0.25) is 0 Å². The lowest BCUT2D eigenvalue weighted by atomic mass is 10.0. The van der Waals surface area contributed by atoms with E-state index in [1.54, 1.807) is 0 Å². The van der Waals surface area contributed by atoms with Gasteiger partial charge in [-0.25, -0.2) is 4.98 Å². The van der Waals surface area contributed by atoms with Gasteiger partial charge in [0.2, 0.25) is 0 Å². The highest BCUT2D eigenvalue weighted by molar-refractivity contribution is 6.32. The Morgan fingerprint density at radius 3 is 2.22 bits per heavy atom. The number of hydrogen-bond donors (Lipinski definition) is 1. The third-order valence-corrected chi connectivity index (χ3v) is 4.43. The van der Waals surface area contributed by atoms with E-state index in [0.29, 0.717) is 0 Å². The number of aromatic nitrogens is 2. The molecular weight excluding hydrogens is 304 g/mol. The summed E-state index contributed by atoms with van der Waals surface area (Å²) in [7, 11) is 0. The van der Waals surface area contributed by atoms with Crippen molar-refractivity contribution >= 4 is 22.6 Å². The lowest BCUT2D eigenvalue weighted by molar-refractivity contribution is 1.34. The molecule has 1 aromatic heterocycles. The highest BCUT2D eigenvalue weighted by Crippen LogP contribution is 2.27. The first-order valence-corrected chi connectivity index (χ1v) is 7.90. The Hall–Kier alpha value is -2.58. The number of rotatable bonds is 2. The van der Waals surface area contributed by atoms with Crippen LogP contribution in [0.4, 0.5) is 0 Å². The molecule has 4 rings (SSSR count). The molecule has 1 N–H and O–H groups in total. The zero-order valence-corrected chi connectivity index (χ0v) is 13.4. The zero-order chi connectivity index (χ0) is 15.8. The first-order valence-electron chi connectivity index (χ1n) is 7.52. The van der Waals surface area contributed by atoms with E-state index in [4.69, 9.17) is 11.6 Å². The molecule has 3 heteroatoms. The van der Waals surface area contributed by atoms with Crippen molar-refractivity contribution in [2.24, 2.45) is 0 Å². The summed E-state index contributed by atoms with van der Waals surface area (Å²) in [6.07, 6.45) is 0. The van der Waals surface area contributed by atoms with Crippen molar-refractivity contribution in [3.05, 3.63) is 77.3 Å². The van der Waals surface area contributed by atoms with Crippen molar-refractivity contribution in [3.63, 3.8) is 0 Å². The van der Waals surface area contributed by atoms with Gasteiger partial charge < -0.3 is 4.98 Å². The van der Waals surface area contributed by atoms with E-state index in [1.807, 2.05) is 25.1 Å². The van der Waals surface area contributed by atoms with Crippen LogP contribution < -0.4 is 0 Å². The smallest absolute Gasteiger partial charge is 0.138 e. The average molecular weight is 319 g/mol. The molecule has 0 aliphatic heterocycles. The summed E-state index contributed by atoms with van der Waals surface area (Å²) < 4.78 is 0. The number of halogens is 1. The molecule has 0 bridgehead atoms. The third kappa shape index (κ3) is 2.62. The Labute approximate surface area is 139 Å². The van der Waals surface area contributed by atoms with Crippen LogP contribution in [0.15, 0.2) is 66.7 Å². The SMILES string of the molecule is Cc1cc2[nH]c(-c3ccc(-c4ccccc4)cc3)nc2cc1Cl. The minimum atomic E-state index is 0.745. The highest BCUT2D eigenvalue weighted by atomic mass is 35.5. The number of fused-ring (bicyclic) bond motifs is 1. The molecule has 2 nitrogen and oxygen atoms in total. The second kappa shape index (κ2) is 5.56. The van der Waals surface area contributed by atoms with Gasteiger partial charge in [-0.2, -0.15) is 0 Å². The average Bonchev–Trinajstić information content (AvgIpc) is 2.99. The molecule has 23 heavy (non-hydrogen) atoms. The maximum Gasteiger partial charge on any atom is 0.138 e.